The van der Waals surface area contributed by atoms with Crippen LogP contribution in [0.25, 0.3) is 20.4 Å². The molecule has 11 heteroatoms. The Hall–Kier alpha value is -4.51. The molecule has 0 atom stereocenters. The van der Waals surface area contributed by atoms with Gasteiger partial charge in [0, 0.05) is 25.7 Å². The molecule has 8 nitrogen and oxygen atoms in total. The van der Waals surface area contributed by atoms with Gasteiger partial charge in [-0.3, -0.25) is 9.59 Å². The SMILES string of the molecule is CCC(=O)CCc1ccc(O)c(OC)c1.CCC(=O)CCc1ccc(Oc2nc3ccccc3s2)c(OC)c1.Clc1nc2ccccc2s1. The number of rotatable bonds is 12. The average molecular weight is 719 g/mol. The molecule has 0 aliphatic carbocycles. The van der Waals surface area contributed by atoms with E-state index >= 15 is 0 Å². The van der Waals surface area contributed by atoms with Gasteiger partial charge in [-0.1, -0.05) is 73.2 Å². The van der Waals surface area contributed by atoms with E-state index in [1.807, 2.05) is 80.6 Å². The summed E-state index contributed by atoms with van der Waals surface area (Å²) < 4.78 is 19.2. The minimum absolute atomic E-state index is 0.128. The summed E-state index contributed by atoms with van der Waals surface area (Å²) >= 11 is 8.70. The van der Waals surface area contributed by atoms with Gasteiger partial charge in [0.25, 0.3) is 5.19 Å². The predicted octanol–water partition coefficient (Wildman–Crippen LogP) is 10.3. The lowest BCUT2D eigenvalue weighted by Crippen LogP contribution is -1.98. The van der Waals surface area contributed by atoms with E-state index in [0.717, 1.165) is 31.6 Å². The zero-order valence-corrected chi connectivity index (χ0v) is 30.3. The fraction of sp³-hybridized carbons (Fsp3) is 0.263. The van der Waals surface area contributed by atoms with E-state index in [1.54, 1.807) is 25.3 Å². The number of Topliss-reactive ketones (excluding diaryl/α,β-unsaturated/α-hetero) is 2. The van der Waals surface area contributed by atoms with Crippen LogP contribution < -0.4 is 14.2 Å². The normalized spacial score (nSPS) is 10.5. The van der Waals surface area contributed by atoms with Crippen LogP contribution in [0.2, 0.25) is 4.47 Å². The van der Waals surface area contributed by atoms with E-state index in [9.17, 15) is 14.7 Å². The van der Waals surface area contributed by atoms with Crippen molar-refractivity contribution in [1.82, 2.24) is 9.97 Å². The van der Waals surface area contributed by atoms with Crippen molar-refractivity contribution < 1.29 is 28.9 Å². The Bertz CT molecular complexity index is 1920. The third-order valence-electron chi connectivity index (χ3n) is 7.39. The topological polar surface area (TPSA) is 108 Å². The molecule has 4 aromatic carbocycles. The third-order valence-corrected chi connectivity index (χ3v) is 9.44. The first-order chi connectivity index (χ1) is 23.7. The van der Waals surface area contributed by atoms with E-state index in [2.05, 4.69) is 9.97 Å². The van der Waals surface area contributed by atoms with Crippen LogP contribution in [0.1, 0.15) is 50.7 Å². The highest BCUT2D eigenvalue weighted by Crippen LogP contribution is 2.36. The monoisotopic (exact) mass is 718 g/mol. The Morgan fingerprint density at radius 3 is 1.78 bits per heavy atom. The molecule has 0 aliphatic rings. The Kier molecular flexibility index (Phi) is 14.4. The van der Waals surface area contributed by atoms with Gasteiger partial charge in [0.2, 0.25) is 0 Å². The largest absolute Gasteiger partial charge is 0.504 e. The number of benzene rings is 4. The van der Waals surface area contributed by atoms with Gasteiger partial charge in [-0.15, -0.1) is 11.3 Å². The van der Waals surface area contributed by atoms with E-state index in [1.165, 1.54) is 29.8 Å². The molecule has 6 rings (SSSR count). The first-order valence-electron chi connectivity index (χ1n) is 15.8. The summed E-state index contributed by atoms with van der Waals surface area (Å²) in [6, 6.07) is 26.7. The molecule has 2 heterocycles. The highest BCUT2D eigenvalue weighted by Gasteiger charge is 2.11. The number of phenolic OH excluding ortho intramolecular Hbond substituents is 1. The summed E-state index contributed by atoms with van der Waals surface area (Å²) in [5.41, 5.74) is 3.97. The quantitative estimate of drug-likeness (QED) is 0.133. The molecule has 6 aromatic rings. The van der Waals surface area contributed by atoms with Crippen LogP contribution in [0.3, 0.4) is 0 Å². The highest BCUT2D eigenvalue weighted by atomic mass is 35.5. The second kappa shape index (κ2) is 18.9. The highest BCUT2D eigenvalue weighted by molar-refractivity contribution is 7.22. The second-order valence-corrected chi connectivity index (χ2v) is 13.4. The number of fused-ring (bicyclic) bond motifs is 2. The van der Waals surface area contributed by atoms with Crippen molar-refractivity contribution in [3.8, 4) is 28.2 Å². The molecule has 0 spiro atoms. The zero-order valence-electron chi connectivity index (χ0n) is 27.9. The van der Waals surface area contributed by atoms with Gasteiger partial charge in [-0.05, 0) is 72.5 Å². The number of aromatic nitrogens is 2. The van der Waals surface area contributed by atoms with Crippen molar-refractivity contribution in [2.24, 2.45) is 0 Å². The van der Waals surface area contributed by atoms with E-state index in [0.29, 0.717) is 65.4 Å². The number of halogens is 1. The molecule has 1 N–H and O–H groups in total. The van der Waals surface area contributed by atoms with E-state index in [-0.39, 0.29) is 17.3 Å². The minimum atomic E-state index is 0.128. The predicted molar refractivity (Wildman–Crippen MR) is 199 cm³/mol. The van der Waals surface area contributed by atoms with Crippen molar-refractivity contribution in [3.05, 3.63) is 101 Å². The number of phenols is 1. The van der Waals surface area contributed by atoms with Gasteiger partial charge >= 0.3 is 0 Å². The van der Waals surface area contributed by atoms with E-state index < -0.39 is 0 Å². The molecule has 0 saturated carbocycles. The maximum absolute atomic E-state index is 11.5. The molecule has 0 fully saturated rings. The first kappa shape index (κ1) is 37.3. The van der Waals surface area contributed by atoms with Crippen LogP contribution >= 0.6 is 34.3 Å². The number of carbonyl (C=O) groups is 2. The standard InChI is InChI=1S/C19H19NO3S.C12H16O3.C7H4ClNS/c1-3-14(21)10-8-13-9-11-16(17(12-13)22-2)23-19-20-15-6-4-5-7-18(15)24-19;1-3-10(13)6-4-9-5-7-11(14)12(8-9)15-2;8-7-9-5-3-1-2-4-6(5)10-7/h4-7,9,11-12H,3,8,10H2,1-2H3;5,7-8,14H,3-4,6H2,1-2H3;1-4H. The van der Waals surface area contributed by atoms with Gasteiger partial charge in [0.1, 0.15) is 11.6 Å². The van der Waals surface area contributed by atoms with Crippen LogP contribution in [0.15, 0.2) is 84.9 Å². The number of nitrogens with zero attached hydrogens (tertiary/aromatic N) is 2. The van der Waals surface area contributed by atoms with Crippen molar-refractivity contribution in [1.29, 1.82) is 0 Å². The number of aromatic hydroxyl groups is 1. The Morgan fingerprint density at radius 2 is 1.22 bits per heavy atom. The minimum Gasteiger partial charge on any atom is -0.504 e. The molecule has 256 valence electrons. The Balaban J connectivity index is 0.000000183. The molecule has 0 saturated heterocycles. The first-order valence-corrected chi connectivity index (χ1v) is 17.8. The molecular formula is C38H39ClN2O6S2. The average Bonchev–Trinajstić information content (AvgIpc) is 3.72. The fourth-order valence-corrected chi connectivity index (χ4v) is 6.44. The lowest BCUT2D eigenvalue weighted by atomic mass is 10.1. The van der Waals surface area contributed by atoms with Crippen LogP contribution in [-0.2, 0) is 22.4 Å². The van der Waals surface area contributed by atoms with Crippen LogP contribution in [0, 0.1) is 0 Å². The zero-order chi connectivity index (χ0) is 35.2. The fourth-order valence-electron chi connectivity index (χ4n) is 4.58. The molecule has 49 heavy (non-hydrogen) atoms. The third kappa shape index (κ3) is 11.3. The lowest BCUT2D eigenvalue weighted by molar-refractivity contribution is -0.119. The molecule has 0 radical (unpaired) electrons. The van der Waals surface area contributed by atoms with E-state index in [4.69, 9.17) is 25.8 Å². The molecule has 0 amide bonds. The smallest absolute Gasteiger partial charge is 0.279 e. The summed E-state index contributed by atoms with van der Waals surface area (Å²) in [6.45, 7) is 3.75. The number of para-hydroxylation sites is 2. The Morgan fingerprint density at radius 1 is 0.694 bits per heavy atom. The lowest BCUT2D eigenvalue weighted by Gasteiger charge is -2.10. The van der Waals surface area contributed by atoms with Crippen LogP contribution in [-0.4, -0.2) is 40.9 Å². The van der Waals surface area contributed by atoms with Gasteiger partial charge in [0.15, 0.2) is 27.5 Å². The second-order valence-electron chi connectivity index (χ2n) is 10.8. The molecule has 0 unspecified atom stereocenters. The van der Waals surface area contributed by atoms with Crippen LogP contribution in [0.5, 0.6) is 28.2 Å². The van der Waals surface area contributed by atoms with Crippen molar-refractivity contribution in [2.75, 3.05) is 14.2 Å². The maximum Gasteiger partial charge on any atom is 0.279 e. The van der Waals surface area contributed by atoms with Crippen LogP contribution in [0.4, 0.5) is 0 Å². The summed E-state index contributed by atoms with van der Waals surface area (Å²) in [6.07, 6.45) is 3.67. The number of thiazole rings is 2. The van der Waals surface area contributed by atoms with Crippen molar-refractivity contribution in [3.63, 3.8) is 0 Å². The van der Waals surface area contributed by atoms with Crippen molar-refractivity contribution >= 4 is 66.3 Å². The number of aryl methyl sites for hydroxylation is 2. The number of carbonyl (C=O) groups excluding carboxylic acids is 2. The maximum atomic E-state index is 11.5. The Labute approximate surface area is 299 Å². The number of hydrogen-bond donors (Lipinski definition) is 1. The summed E-state index contributed by atoms with van der Waals surface area (Å²) in [5.74, 6) is 2.38. The molecule has 0 bridgehead atoms. The molecular weight excluding hydrogens is 680 g/mol. The summed E-state index contributed by atoms with van der Waals surface area (Å²) in [5, 5.41) is 9.95. The number of methoxy groups -OCH3 is 2. The van der Waals surface area contributed by atoms with Gasteiger partial charge in [0.05, 0.1) is 34.7 Å². The summed E-state index contributed by atoms with van der Waals surface area (Å²) in [7, 11) is 3.12. The number of ketones is 2. The number of hydrogen-bond acceptors (Lipinski definition) is 10. The van der Waals surface area contributed by atoms with Crippen molar-refractivity contribution in [2.45, 2.75) is 52.4 Å². The molecule has 2 aromatic heterocycles. The van der Waals surface area contributed by atoms with Gasteiger partial charge in [-0.25, -0.2) is 9.97 Å². The van der Waals surface area contributed by atoms with Gasteiger partial charge < -0.3 is 19.3 Å². The number of ether oxygens (including phenoxy) is 3. The summed E-state index contributed by atoms with van der Waals surface area (Å²) in [4.78, 5) is 31.2. The van der Waals surface area contributed by atoms with Gasteiger partial charge in [-0.2, -0.15) is 0 Å². The molecule has 0 aliphatic heterocycles.